The summed E-state index contributed by atoms with van der Waals surface area (Å²) in [6, 6.07) is 0. The number of carbonyl (C=O) groups excluding carboxylic acids is 2. The Kier molecular flexibility index (Phi) is 59.3. The quantitative estimate of drug-likeness (QED) is 0.0211. The zero-order valence-electron chi connectivity index (χ0n) is 53.0. The van der Waals surface area contributed by atoms with E-state index in [-0.39, 0.29) is 32.2 Å². The van der Waals surface area contributed by atoms with E-state index in [1.165, 1.54) is 173 Å². The number of carboxylic acids is 1. The van der Waals surface area contributed by atoms with Gasteiger partial charge < -0.3 is 28.5 Å². The molecular weight excluding hydrogens is 995 g/mol. The van der Waals surface area contributed by atoms with Crippen molar-refractivity contribution in [1.82, 2.24) is 0 Å². The highest BCUT2D eigenvalue weighted by Crippen LogP contribution is 2.18. The number of unbranched alkanes of at least 4 members (excludes halogenated alkanes) is 35. The Morgan fingerprint density at radius 1 is 0.388 bits per heavy atom. The number of esters is 2. The SMILES string of the molecule is CC/C=C\C/C=C\C/C=C\C/C=C\C/C=C\C/C=C\CCCCCCCCC(=O)OC(COC(=O)CCCCCCCCCCCCCCCCCCCCCCCCCCCCCCCC)COC(OCC[N+](C)(C)C)C(=O)O. The van der Waals surface area contributed by atoms with Gasteiger partial charge in [0.2, 0.25) is 0 Å². The first kappa shape index (κ1) is 76.7. The van der Waals surface area contributed by atoms with Crippen LogP contribution in [0.4, 0.5) is 0 Å². The number of rotatable bonds is 62. The van der Waals surface area contributed by atoms with Crippen molar-refractivity contribution in [2.75, 3.05) is 47.5 Å². The summed E-state index contributed by atoms with van der Waals surface area (Å²) in [6.45, 7) is 4.78. The standard InChI is InChI=1S/C71H127NO8/c1-6-8-10-12-14-16-18-20-22-24-26-28-30-32-33-34-35-36-38-39-41-43-45-47-49-51-53-55-57-59-61-68(73)78-65-67(66-79-71(70(75)76)77-64-63-72(3,4)5)80-69(74)62-60-58-56-54-52-50-48-46-44-42-40-37-31-29-27-25-23-21-19-17-15-13-11-9-7-2/h9,11,15,17,21,23,27,29,37,40,44,46,67,71H,6-8,10,12-14,16,18-20,22,24-26,28,30-36,38-39,41-43,45,47-66H2,1-5H3/p+1/b11-9-,17-15-,23-21-,29-27-,40-37-,46-44-. The Hall–Kier alpha value is -3.27. The summed E-state index contributed by atoms with van der Waals surface area (Å²) < 4.78 is 22.9. The average molecular weight is 1120 g/mol. The second kappa shape index (κ2) is 61.8. The minimum atomic E-state index is -1.52. The van der Waals surface area contributed by atoms with Crippen LogP contribution in [0.2, 0.25) is 0 Å². The van der Waals surface area contributed by atoms with Crippen LogP contribution < -0.4 is 0 Å². The number of nitrogens with zero attached hydrogens (tertiary/aromatic N) is 1. The molecule has 0 aliphatic heterocycles. The van der Waals surface area contributed by atoms with Crippen molar-refractivity contribution in [3.8, 4) is 0 Å². The summed E-state index contributed by atoms with van der Waals surface area (Å²) in [7, 11) is 5.97. The summed E-state index contributed by atoms with van der Waals surface area (Å²) in [4.78, 5) is 37.6. The fourth-order valence-corrected chi connectivity index (χ4v) is 9.61. The number of carboxylic acid groups (broad SMARTS) is 1. The van der Waals surface area contributed by atoms with E-state index in [1.54, 1.807) is 0 Å². The van der Waals surface area contributed by atoms with Gasteiger partial charge in [-0.2, -0.15) is 0 Å². The minimum Gasteiger partial charge on any atom is -0.477 e. The number of ether oxygens (including phenoxy) is 4. The number of allylic oxidation sites excluding steroid dienone is 12. The van der Waals surface area contributed by atoms with Crippen molar-refractivity contribution >= 4 is 17.9 Å². The first-order valence-electron chi connectivity index (χ1n) is 33.6. The van der Waals surface area contributed by atoms with E-state index >= 15 is 0 Å². The summed E-state index contributed by atoms with van der Waals surface area (Å²) in [5.74, 6) is -2.01. The molecule has 0 saturated carbocycles. The molecule has 0 aliphatic carbocycles. The van der Waals surface area contributed by atoms with E-state index in [0.717, 1.165) is 96.3 Å². The maximum atomic E-state index is 12.9. The largest absolute Gasteiger partial charge is 0.477 e. The summed E-state index contributed by atoms with van der Waals surface area (Å²) in [5, 5.41) is 9.73. The van der Waals surface area contributed by atoms with Gasteiger partial charge in [0.1, 0.15) is 13.2 Å². The van der Waals surface area contributed by atoms with Crippen LogP contribution in [0, 0.1) is 0 Å². The molecule has 2 atom stereocenters. The monoisotopic (exact) mass is 1120 g/mol. The number of quaternary nitrogens is 1. The van der Waals surface area contributed by atoms with Crippen molar-refractivity contribution in [3.05, 3.63) is 72.9 Å². The number of likely N-dealkylation sites (N-methyl/N-ethyl adjacent to an activating group) is 1. The van der Waals surface area contributed by atoms with E-state index in [9.17, 15) is 19.5 Å². The van der Waals surface area contributed by atoms with Crippen molar-refractivity contribution in [3.63, 3.8) is 0 Å². The summed E-state index contributed by atoms with van der Waals surface area (Å²) in [6.07, 6.45) is 78.7. The molecule has 9 nitrogen and oxygen atoms in total. The Balaban J connectivity index is 4.14. The molecule has 0 fully saturated rings. The molecule has 0 heterocycles. The lowest BCUT2D eigenvalue weighted by Crippen LogP contribution is -2.40. The molecule has 2 unspecified atom stereocenters. The van der Waals surface area contributed by atoms with Crippen LogP contribution in [0.5, 0.6) is 0 Å². The van der Waals surface area contributed by atoms with E-state index < -0.39 is 24.3 Å². The number of hydrogen-bond donors (Lipinski definition) is 1. The lowest BCUT2D eigenvalue weighted by atomic mass is 10.0. The zero-order valence-corrected chi connectivity index (χ0v) is 53.0. The molecule has 80 heavy (non-hydrogen) atoms. The van der Waals surface area contributed by atoms with Crippen LogP contribution >= 0.6 is 0 Å². The molecule has 0 bridgehead atoms. The first-order valence-corrected chi connectivity index (χ1v) is 33.6. The van der Waals surface area contributed by atoms with Gasteiger partial charge in [0.15, 0.2) is 6.10 Å². The second-order valence-corrected chi connectivity index (χ2v) is 23.8. The highest BCUT2D eigenvalue weighted by Gasteiger charge is 2.25. The molecule has 0 aromatic carbocycles. The molecule has 0 aromatic rings. The van der Waals surface area contributed by atoms with Crippen LogP contribution in [-0.4, -0.2) is 87.4 Å². The van der Waals surface area contributed by atoms with E-state index in [4.69, 9.17) is 18.9 Å². The van der Waals surface area contributed by atoms with Crippen LogP contribution in [0.1, 0.15) is 303 Å². The maximum Gasteiger partial charge on any atom is 0.361 e. The van der Waals surface area contributed by atoms with Crippen LogP contribution in [0.3, 0.4) is 0 Å². The van der Waals surface area contributed by atoms with Crippen LogP contribution in [-0.2, 0) is 33.3 Å². The van der Waals surface area contributed by atoms with E-state index in [2.05, 4.69) is 86.8 Å². The Morgan fingerprint density at radius 2 is 0.713 bits per heavy atom. The third-order valence-electron chi connectivity index (χ3n) is 14.7. The maximum absolute atomic E-state index is 12.9. The predicted octanol–water partition coefficient (Wildman–Crippen LogP) is 20.5. The minimum absolute atomic E-state index is 0.183. The van der Waals surface area contributed by atoms with Gasteiger partial charge in [-0.05, 0) is 64.2 Å². The molecule has 0 rings (SSSR count). The van der Waals surface area contributed by atoms with Gasteiger partial charge in [-0.1, -0.05) is 299 Å². The number of aliphatic carboxylic acids is 1. The predicted molar refractivity (Wildman–Crippen MR) is 341 cm³/mol. The molecule has 0 aliphatic rings. The molecule has 0 radical (unpaired) electrons. The third-order valence-corrected chi connectivity index (χ3v) is 14.7. The van der Waals surface area contributed by atoms with Gasteiger partial charge in [-0.25, -0.2) is 4.79 Å². The van der Waals surface area contributed by atoms with Gasteiger partial charge in [-0.15, -0.1) is 0 Å². The Morgan fingerprint density at radius 3 is 1.06 bits per heavy atom. The van der Waals surface area contributed by atoms with Crippen molar-refractivity contribution < 1.29 is 42.9 Å². The van der Waals surface area contributed by atoms with Crippen molar-refractivity contribution in [2.45, 2.75) is 315 Å². The fourth-order valence-electron chi connectivity index (χ4n) is 9.61. The molecule has 1 N–H and O–H groups in total. The van der Waals surface area contributed by atoms with Crippen LogP contribution in [0.25, 0.3) is 0 Å². The molecule has 9 heteroatoms. The van der Waals surface area contributed by atoms with Gasteiger partial charge in [0, 0.05) is 12.8 Å². The van der Waals surface area contributed by atoms with Gasteiger partial charge >= 0.3 is 17.9 Å². The number of hydrogen-bond acceptors (Lipinski definition) is 7. The topological polar surface area (TPSA) is 108 Å². The molecular formula is C71H128NO8+. The number of carbonyl (C=O) groups is 3. The van der Waals surface area contributed by atoms with Crippen molar-refractivity contribution in [2.24, 2.45) is 0 Å². The van der Waals surface area contributed by atoms with Gasteiger partial charge in [0.05, 0.1) is 34.4 Å². The lowest BCUT2D eigenvalue weighted by Gasteiger charge is -2.25. The zero-order chi connectivity index (χ0) is 58.3. The molecule has 0 spiro atoms. The second-order valence-electron chi connectivity index (χ2n) is 23.8. The Bertz CT molecular complexity index is 1540. The normalized spacial score (nSPS) is 13.2. The third kappa shape index (κ3) is 62.3. The van der Waals surface area contributed by atoms with Gasteiger partial charge in [0.25, 0.3) is 6.29 Å². The van der Waals surface area contributed by atoms with E-state index in [1.807, 2.05) is 21.1 Å². The summed E-state index contributed by atoms with van der Waals surface area (Å²) in [5.41, 5.74) is 0. The Labute approximate surface area is 494 Å². The molecule has 0 aromatic heterocycles. The van der Waals surface area contributed by atoms with Crippen molar-refractivity contribution in [1.29, 1.82) is 0 Å². The first-order chi connectivity index (χ1) is 39.1. The molecule has 464 valence electrons. The molecule has 0 amide bonds. The van der Waals surface area contributed by atoms with Crippen LogP contribution in [0.15, 0.2) is 72.9 Å². The summed E-state index contributed by atoms with van der Waals surface area (Å²) >= 11 is 0. The van der Waals surface area contributed by atoms with Gasteiger partial charge in [-0.3, -0.25) is 9.59 Å². The fraction of sp³-hybridized carbons (Fsp3) is 0.789. The molecule has 0 saturated heterocycles. The highest BCUT2D eigenvalue weighted by molar-refractivity contribution is 5.71. The smallest absolute Gasteiger partial charge is 0.361 e. The highest BCUT2D eigenvalue weighted by atomic mass is 16.7. The average Bonchev–Trinajstić information content (AvgIpc) is 3.43. The van der Waals surface area contributed by atoms with E-state index in [0.29, 0.717) is 23.9 Å². The lowest BCUT2D eigenvalue weighted by molar-refractivity contribution is -0.870.